The molecular formula is C23H31N3O3S. The molecular weight excluding hydrogens is 398 g/mol. The van der Waals surface area contributed by atoms with Gasteiger partial charge in [-0.25, -0.2) is 13.4 Å². The maximum absolute atomic E-state index is 13.5. The highest BCUT2D eigenvalue weighted by atomic mass is 32.2. The zero-order valence-corrected chi connectivity index (χ0v) is 18.3. The molecule has 1 atom stereocenters. The van der Waals surface area contributed by atoms with Crippen molar-refractivity contribution < 1.29 is 8.42 Å². The number of para-hydroxylation sites is 1. The van der Waals surface area contributed by atoms with E-state index >= 15 is 0 Å². The van der Waals surface area contributed by atoms with Crippen molar-refractivity contribution in [3.63, 3.8) is 0 Å². The fourth-order valence-electron chi connectivity index (χ4n) is 5.70. The minimum absolute atomic E-state index is 0.109. The Morgan fingerprint density at radius 3 is 2.47 bits per heavy atom. The van der Waals surface area contributed by atoms with Crippen molar-refractivity contribution in [2.24, 2.45) is 5.92 Å². The summed E-state index contributed by atoms with van der Waals surface area (Å²) in [4.78, 5) is 21.0. The second-order valence-corrected chi connectivity index (χ2v) is 11.7. The van der Waals surface area contributed by atoms with Crippen molar-refractivity contribution in [2.75, 3.05) is 24.6 Å². The zero-order chi connectivity index (χ0) is 20.7. The number of sulfone groups is 1. The Hall–Kier alpha value is -1.73. The molecule has 1 saturated carbocycles. The molecule has 1 unspecified atom stereocenters. The van der Waals surface area contributed by atoms with Gasteiger partial charge in [-0.1, -0.05) is 25.0 Å². The van der Waals surface area contributed by atoms with Gasteiger partial charge in [-0.2, -0.15) is 0 Å². The van der Waals surface area contributed by atoms with Gasteiger partial charge in [0.15, 0.2) is 0 Å². The Bertz CT molecular complexity index is 1070. The highest BCUT2D eigenvalue weighted by molar-refractivity contribution is 7.91. The molecule has 3 aliphatic rings. The highest BCUT2D eigenvalue weighted by Gasteiger charge is 2.35. The second kappa shape index (κ2) is 8.08. The first-order chi connectivity index (χ1) is 14.5. The monoisotopic (exact) mass is 429 g/mol. The van der Waals surface area contributed by atoms with E-state index in [0.29, 0.717) is 17.4 Å². The highest BCUT2D eigenvalue weighted by Crippen LogP contribution is 2.37. The van der Waals surface area contributed by atoms with E-state index in [1.807, 2.05) is 28.8 Å². The SMILES string of the molecule is O=c1c2ccccc2nc(C2CCCN2CC2CCS(=O)(=O)CC2)n1C1CCCC1. The van der Waals surface area contributed by atoms with Gasteiger partial charge in [0, 0.05) is 12.6 Å². The van der Waals surface area contributed by atoms with Crippen molar-refractivity contribution in [1.82, 2.24) is 14.5 Å². The van der Waals surface area contributed by atoms with Crippen LogP contribution in [0.5, 0.6) is 0 Å². The summed E-state index contributed by atoms with van der Waals surface area (Å²) in [6, 6.07) is 8.13. The minimum Gasteiger partial charge on any atom is -0.293 e. The van der Waals surface area contributed by atoms with E-state index in [1.54, 1.807) is 0 Å². The number of nitrogens with zero attached hydrogens (tertiary/aromatic N) is 3. The van der Waals surface area contributed by atoms with Gasteiger partial charge in [-0.15, -0.1) is 0 Å². The van der Waals surface area contributed by atoms with E-state index in [9.17, 15) is 13.2 Å². The number of benzene rings is 1. The summed E-state index contributed by atoms with van der Waals surface area (Å²) >= 11 is 0. The Balaban J connectivity index is 1.49. The van der Waals surface area contributed by atoms with Crippen LogP contribution in [0, 0.1) is 5.92 Å². The lowest BCUT2D eigenvalue weighted by atomic mass is 10.0. The minimum atomic E-state index is -2.84. The molecule has 0 spiro atoms. The van der Waals surface area contributed by atoms with Crippen LogP contribution < -0.4 is 5.56 Å². The van der Waals surface area contributed by atoms with Crippen molar-refractivity contribution in [3.8, 4) is 0 Å². The molecule has 5 rings (SSSR count). The molecule has 3 heterocycles. The molecule has 1 aromatic carbocycles. The van der Waals surface area contributed by atoms with Crippen LogP contribution in [0.2, 0.25) is 0 Å². The lowest BCUT2D eigenvalue weighted by Gasteiger charge is -2.32. The average Bonchev–Trinajstić information content (AvgIpc) is 3.42. The molecule has 2 aromatic rings. The summed E-state index contributed by atoms with van der Waals surface area (Å²) in [6.07, 6.45) is 8.09. The number of fused-ring (bicyclic) bond motifs is 1. The number of hydrogen-bond donors (Lipinski definition) is 0. The first-order valence-corrected chi connectivity index (χ1v) is 13.3. The third-order valence-corrected chi connectivity index (χ3v) is 9.07. The normalized spacial score (nSPS) is 25.9. The molecule has 0 bridgehead atoms. The van der Waals surface area contributed by atoms with Crippen molar-refractivity contribution >= 4 is 20.7 Å². The predicted molar refractivity (Wildman–Crippen MR) is 118 cm³/mol. The van der Waals surface area contributed by atoms with Gasteiger partial charge in [0.1, 0.15) is 15.7 Å². The summed E-state index contributed by atoms with van der Waals surface area (Å²) in [5, 5.41) is 0.718. The second-order valence-electron chi connectivity index (χ2n) is 9.35. The van der Waals surface area contributed by atoms with Crippen LogP contribution in [-0.4, -0.2) is 47.5 Å². The van der Waals surface area contributed by atoms with Crippen LogP contribution in [0.4, 0.5) is 0 Å². The fraction of sp³-hybridized carbons (Fsp3) is 0.652. The molecule has 1 aliphatic carbocycles. The topological polar surface area (TPSA) is 72.3 Å². The standard InChI is InChI=1S/C23H31N3O3S/c27-23-19-8-3-4-9-20(19)24-22(26(23)18-6-1-2-7-18)21-10-5-13-25(21)16-17-11-14-30(28,29)15-12-17/h3-4,8-9,17-18,21H,1-2,5-7,10-16H2. The van der Waals surface area contributed by atoms with E-state index in [-0.39, 0.29) is 17.6 Å². The molecule has 0 N–H and O–H groups in total. The first kappa shape index (κ1) is 20.2. The molecule has 6 nitrogen and oxygen atoms in total. The van der Waals surface area contributed by atoms with Gasteiger partial charge < -0.3 is 0 Å². The molecule has 7 heteroatoms. The Labute approximate surface area is 178 Å². The molecule has 162 valence electrons. The Morgan fingerprint density at radius 2 is 1.70 bits per heavy atom. The van der Waals surface area contributed by atoms with Crippen LogP contribution in [0.25, 0.3) is 10.9 Å². The zero-order valence-electron chi connectivity index (χ0n) is 17.5. The molecule has 1 aromatic heterocycles. The van der Waals surface area contributed by atoms with Crippen LogP contribution in [0.3, 0.4) is 0 Å². The van der Waals surface area contributed by atoms with Gasteiger partial charge in [-0.3, -0.25) is 14.3 Å². The molecule has 2 aliphatic heterocycles. The summed E-state index contributed by atoms with van der Waals surface area (Å²) in [5.74, 6) is 1.99. The van der Waals surface area contributed by atoms with Crippen LogP contribution in [0.15, 0.2) is 29.1 Å². The van der Waals surface area contributed by atoms with Crippen molar-refractivity contribution in [1.29, 1.82) is 0 Å². The van der Waals surface area contributed by atoms with Crippen molar-refractivity contribution in [2.45, 2.75) is 63.5 Å². The Kier molecular flexibility index (Phi) is 5.44. The molecule has 0 amide bonds. The smallest absolute Gasteiger partial charge is 0.261 e. The summed E-state index contributed by atoms with van der Waals surface area (Å²) in [7, 11) is -2.84. The molecule has 0 radical (unpaired) electrons. The number of likely N-dealkylation sites (tertiary alicyclic amines) is 1. The number of rotatable bonds is 4. The maximum atomic E-state index is 13.5. The largest absolute Gasteiger partial charge is 0.293 e. The van der Waals surface area contributed by atoms with Crippen LogP contribution in [-0.2, 0) is 9.84 Å². The van der Waals surface area contributed by atoms with Crippen LogP contribution in [0.1, 0.15) is 69.3 Å². The average molecular weight is 430 g/mol. The molecule has 2 saturated heterocycles. The van der Waals surface area contributed by atoms with E-state index in [0.717, 1.165) is 68.3 Å². The third kappa shape index (κ3) is 3.82. The quantitative estimate of drug-likeness (QED) is 0.744. The Morgan fingerprint density at radius 1 is 0.967 bits per heavy atom. The number of hydrogen-bond acceptors (Lipinski definition) is 5. The van der Waals surface area contributed by atoms with E-state index in [4.69, 9.17) is 4.98 Å². The van der Waals surface area contributed by atoms with Gasteiger partial charge in [-0.05, 0) is 63.1 Å². The van der Waals surface area contributed by atoms with Gasteiger partial charge in [0.05, 0.1) is 28.5 Å². The van der Waals surface area contributed by atoms with Crippen LogP contribution >= 0.6 is 0 Å². The lowest BCUT2D eigenvalue weighted by Crippen LogP contribution is -2.37. The third-order valence-electron chi connectivity index (χ3n) is 7.35. The van der Waals surface area contributed by atoms with E-state index in [1.165, 1.54) is 12.8 Å². The summed E-state index contributed by atoms with van der Waals surface area (Å²) < 4.78 is 25.7. The van der Waals surface area contributed by atoms with E-state index < -0.39 is 9.84 Å². The molecule has 3 fully saturated rings. The first-order valence-electron chi connectivity index (χ1n) is 11.5. The van der Waals surface area contributed by atoms with Gasteiger partial charge >= 0.3 is 0 Å². The maximum Gasteiger partial charge on any atom is 0.261 e. The number of aromatic nitrogens is 2. The summed E-state index contributed by atoms with van der Waals surface area (Å²) in [5.41, 5.74) is 0.903. The summed E-state index contributed by atoms with van der Waals surface area (Å²) in [6.45, 7) is 1.91. The fourth-order valence-corrected chi connectivity index (χ4v) is 7.29. The predicted octanol–water partition coefficient (Wildman–Crippen LogP) is 3.47. The van der Waals surface area contributed by atoms with Gasteiger partial charge in [0.2, 0.25) is 0 Å². The van der Waals surface area contributed by atoms with Gasteiger partial charge in [0.25, 0.3) is 5.56 Å². The van der Waals surface area contributed by atoms with Crippen molar-refractivity contribution in [3.05, 3.63) is 40.4 Å². The van der Waals surface area contributed by atoms with E-state index in [2.05, 4.69) is 4.90 Å². The molecule has 30 heavy (non-hydrogen) atoms. The lowest BCUT2D eigenvalue weighted by molar-refractivity contribution is 0.195.